The Labute approximate surface area is 302 Å². The number of alkyl halides is 3. The standard InChI is InChI=1S/C34H34F3N9O.2CH2O2/c1-3-23-12-16-44(17-13-23)18-15-39-33(47)42-32-41-31-30(25-5-4-6-26(19-25)34(35,36)37)22(2)28(21-45(31)43-32)29-11-14-40-46(29)27-9-7-24(20-38)8-10-27;2*2-1-3/h4-11,14,19,21,23H,3,12-13,15-18H2,1-2H3,(H2,39,42,43,47);2*1H,(H,2,3). The van der Waals surface area contributed by atoms with Gasteiger partial charge < -0.3 is 20.4 Å². The lowest BCUT2D eigenvalue weighted by Crippen LogP contribution is -2.40. The van der Waals surface area contributed by atoms with Crippen molar-refractivity contribution in [1.82, 2.24) is 34.6 Å². The van der Waals surface area contributed by atoms with Crippen molar-refractivity contribution in [3.8, 4) is 34.1 Å². The number of benzene rings is 2. The van der Waals surface area contributed by atoms with Gasteiger partial charge in [-0.2, -0.15) is 28.5 Å². The molecule has 1 aliphatic rings. The largest absolute Gasteiger partial charge is 0.483 e. The normalized spacial score (nSPS) is 13.1. The summed E-state index contributed by atoms with van der Waals surface area (Å²) in [6.45, 7) is 6.74. The number of fused-ring (bicyclic) bond motifs is 1. The maximum atomic E-state index is 13.8. The molecule has 4 N–H and O–H groups in total. The fourth-order valence-electron chi connectivity index (χ4n) is 6.09. The third-order valence-electron chi connectivity index (χ3n) is 8.75. The third-order valence-corrected chi connectivity index (χ3v) is 8.75. The quantitative estimate of drug-likeness (QED) is 0.136. The lowest BCUT2D eigenvalue weighted by molar-refractivity contribution is -0.137. The van der Waals surface area contributed by atoms with Gasteiger partial charge in [0.05, 0.1) is 34.8 Å². The van der Waals surface area contributed by atoms with Gasteiger partial charge >= 0.3 is 12.2 Å². The van der Waals surface area contributed by atoms with Crippen LogP contribution in [0.3, 0.4) is 0 Å². The van der Waals surface area contributed by atoms with Gasteiger partial charge in [0.1, 0.15) is 0 Å². The second-order valence-electron chi connectivity index (χ2n) is 11.9. The molecule has 278 valence electrons. The van der Waals surface area contributed by atoms with Crippen LogP contribution in [-0.4, -0.2) is 84.6 Å². The summed E-state index contributed by atoms with van der Waals surface area (Å²) in [4.78, 5) is 36.4. The fraction of sp³-hybridized carbons (Fsp3) is 0.306. The van der Waals surface area contributed by atoms with Crippen molar-refractivity contribution in [2.75, 3.05) is 31.5 Å². The van der Waals surface area contributed by atoms with Gasteiger partial charge in [-0.05, 0) is 92.4 Å². The van der Waals surface area contributed by atoms with Crippen LogP contribution in [0.2, 0.25) is 0 Å². The molecule has 6 rings (SSSR count). The molecule has 53 heavy (non-hydrogen) atoms. The molecule has 1 fully saturated rings. The van der Waals surface area contributed by atoms with Gasteiger partial charge in [0.25, 0.3) is 18.9 Å². The lowest BCUT2D eigenvalue weighted by atomic mass is 9.94. The highest BCUT2D eigenvalue weighted by Crippen LogP contribution is 2.38. The van der Waals surface area contributed by atoms with Crippen LogP contribution < -0.4 is 10.6 Å². The predicted octanol–water partition coefficient (Wildman–Crippen LogP) is 6.09. The Morgan fingerprint density at radius 1 is 1.08 bits per heavy atom. The summed E-state index contributed by atoms with van der Waals surface area (Å²) >= 11 is 0. The summed E-state index contributed by atoms with van der Waals surface area (Å²) in [6, 6.07) is 15.4. The molecule has 0 spiro atoms. The van der Waals surface area contributed by atoms with Crippen LogP contribution in [0.4, 0.5) is 23.9 Å². The molecular weight excluding hydrogens is 695 g/mol. The van der Waals surface area contributed by atoms with E-state index in [1.807, 2.05) is 0 Å². The van der Waals surface area contributed by atoms with Gasteiger partial charge in [-0.1, -0.05) is 25.5 Å². The molecule has 17 heteroatoms. The maximum Gasteiger partial charge on any atom is 0.416 e. The van der Waals surface area contributed by atoms with Gasteiger partial charge in [-0.3, -0.25) is 14.9 Å². The number of nitrogens with one attached hydrogen (secondary N) is 2. The van der Waals surface area contributed by atoms with E-state index in [9.17, 15) is 23.2 Å². The smallest absolute Gasteiger partial charge is 0.416 e. The van der Waals surface area contributed by atoms with Crippen LogP contribution in [0.5, 0.6) is 0 Å². The topological polar surface area (TPSA) is 191 Å². The Hall–Kier alpha value is -6.28. The number of carbonyl (C=O) groups is 3. The maximum absolute atomic E-state index is 13.8. The molecule has 5 aromatic rings. The molecule has 14 nitrogen and oxygen atoms in total. The van der Waals surface area contributed by atoms with Crippen molar-refractivity contribution in [2.45, 2.75) is 39.3 Å². The van der Waals surface area contributed by atoms with Crippen molar-refractivity contribution >= 4 is 30.6 Å². The van der Waals surface area contributed by atoms with Gasteiger partial charge in [-0.25, -0.2) is 14.0 Å². The number of halogens is 3. The molecule has 0 unspecified atom stereocenters. The number of likely N-dealkylation sites (tertiary alicyclic amines) is 1. The summed E-state index contributed by atoms with van der Waals surface area (Å²) in [6.07, 6.45) is 2.31. The van der Waals surface area contributed by atoms with E-state index in [2.05, 4.69) is 43.7 Å². The summed E-state index contributed by atoms with van der Waals surface area (Å²) in [5, 5.41) is 37.5. The Morgan fingerprint density at radius 3 is 2.38 bits per heavy atom. The molecule has 0 bridgehead atoms. The van der Waals surface area contributed by atoms with Crippen LogP contribution in [0.1, 0.15) is 42.9 Å². The summed E-state index contributed by atoms with van der Waals surface area (Å²) < 4.78 is 44.5. The Balaban J connectivity index is 0.000000980. The van der Waals surface area contributed by atoms with Crippen molar-refractivity contribution in [1.29, 1.82) is 5.26 Å². The number of hydrogen-bond donors (Lipinski definition) is 4. The van der Waals surface area contributed by atoms with Crippen LogP contribution in [0, 0.1) is 24.2 Å². The highest BCUT2D eigenvalue weighted by atomic mass is 19.4. The highest BCUT2D eigenvalue weighted by molar-refractivity contribution is 5.90. The number of hydrogen-bond acceptors (Lipinski definition) is 8. The zero-order valence-corrected chi connectivity index (χ0v) is 28.9. The number of rotatable bonds is 8. The fourth-order valence-corrected chi connectivity index (χ4v) is 6.09. The van der Waals surface area contributed by atoms with Gasteiger partial charge in [0.15, 0.2) is 5.65 Å². The molecule has 0 radical (unpaired) electrons. The van der Waals surface area contributed by atoms with E-state index in [-0.39, 0.29) is 24.5 Å². The Morgan fingerprint density at radius 2 is 1.75 bits per heavy atom. The number of urea groups is 1. The number of anilines is 1. The summed E-state index contributed by atoms with van der Waals surface area (Å²) in [7, 11) is 0. The lowest BCUT2D eigenvalue weighted by Gasteiger charge is -2.31. The SMILES string of the molecule is CCC1CCN(CCNC(=O)Nc2nc3c(-c4cccc(C(F)(F)F)c4)c(C)c(-c4ccnn4-c4ccc(C#N)cc4)cn3n2)CC1.O=CO.O=CO. The van der Waals surface area contributed by atoms with E-state index >= 15 is 0 Å². The van der Waals surface area contributed by atoms with E-state index in [4.69, 9.17) is 19.8 Å². The second kappa shape index (κ2) is 18.3. The number of nitrogens with zero attached hydrogens (tertiary/aromatic N) is 7. The summed E-state index contributed by atoms with van der Waals surface area (Å²) in [5.41, 5.74) is 3.32. The third kappa shape index (κ3) is 9.95. The van der Waals surface area contributed by atoms with E-state index < -0.39 is 17.8 Å². The first-order chi connectivity index (χ1) is 25.5. The van der Waals surface area contributed by atoms with Crippen LogP contribution in [-0.2, 0) is 15.8 Å². The molecule has 0 atom stereocenters. The zero-order valence-electron chi connectivity index (χ0n) is 28.9. The van der Waals surface area contributed by atoms with Gasteiger partial charge in [-0.15, -0.1) is 5.10 Å². The minimum absolute atomic E-state index is 0.0108. The first-order valence-corrected chi connectivity index (χ1v) is 16.5. The zero-order chi connectivity index (χ0) is 38.5. The monoisotopic (exact) mass is 733 g/mol. The van der Waals surface area contributed by atoms with Crippen molar-refractivity contribution in [3.05, 3.63) is 83.7 Å². The Kier molecular flexibility index (Phi) is 13.6. The molecule has 2 aromatic carbocycles. The van der Waals surface area contributed by atoms with Gasteiger partial charge in [0.2, 0.25) is 0 Å². The van der Waals surface area contributed by atoms with E-state index in [0.29, 0.717) is 45.7 Å². The van der Waals surface area contributed by atoms with Crippen LogP contribution in [0.25, 0.3) is 33.7 Å². The molecular formula is C36H38F3N9O5. The second-order valence-corrected chi connectivity index (χ2v) is 11.9. The molecule has 0 aliphatic carbocycles. The first kappa shape index (κ1) is 39.5. The molecule has 1 aliphatic heterocycles. The van der Waals surface area contributed by atoms with Crippen molar-refractivity contribution in [2.24, 2.45) is 5.92 Å². The average Bonchev–Trinajstić information content (AvgIpc) is 3.79. The van der Waals surface area contributed by atoms with Crippen molar-refractivity contribution < 1.29 is 37.8 Å². The van der Waals surface area contributed by atoms with E-state index in [1.165, 1.54) is 17.0 Å². The van der Waals surface area contributed by atoms with Gasteiger partial charge in [0, 0.05) is 30.4 Å². The van der Waals surface area contributed by atoms with Crippen LogP contribution in [0.15, 0.2) is 67.0 Å². The number of nitriles is 1. The minimum atomic E-state index is -4.55. The molecule has 1 saturated heterocycles. The molecule has 4 heterocycles. The predicted molar refractivity (Wildman–Crippen MR) is 189 cm³/mol. The van der Waals surface area contributed by atoms with Crippen molar-refractivity contribution in [3.63, 3.8) is 0 Å². The average molecular weight is 734 g/mol. The first-order valence-electron chi connectivity index (χ1n) is 16.5. The number of piperidine rings is 1. The van der Waals surface area contributed by atoms with E-state index in [1.54, 1.807) is 60.4 Å². The number of carboxylic acid groups (broad SMARTS) is 2. The number of carbonyl (C=O) groups excluding carboxylic acids is 1. The number of amides is 2. The number of pyridine rings is 1. The highest BCUT2D eigenvalue weighted by Gasteiger charge is 2.31. The molecule has 2 amide bonds. The minimum Gasteiger partial charge on any atom is -0.483 e. The van der Waals surface area contributed by atoms with E-state index in [0.717, 1.165) is 50.5 Å². The Bertz CT molecular complexity index is 2040. The number of aromatic nitrogens is 5. The van der Waals surface area contributed by atoms with Crippen LogP contribution >= 0.6 is 0 Å². The molecule has 3 aromatic heterocycles. The molecule has 0 saturated carbocycles. The summed E-state index contributed by atoms with van der Waals surface area (Å²) in [5.74, 6) is 0.779.